The monoisotopic (exact) mass is 315 g/mol. The molecule has 1 saturated heterocycles. The Bertz CT molecular complexity index is 405. The highest BCUT2D eigenvalue weighted by Gasteiger charge is 2.33. The van der Waals surface area contributed by atoms with Crippen LogP contribution in [0.15, 0.2) is 0 Å². The molecule has 1 rings (SSSR count). The first-order valence-corrected chi connectivity index (χ1v) is 7.40. The van der Waals surface area contributed by atoms with Gasteiger partial charge in [0.25, 0.3) is 11.8 Å². The summed E-state index contributed by atoms with van der Waals surface area (Å²) in [6.45, 7) is 1.79. The molecule has 1 aliphatic rings. The summed E-state index contributed by atoms with van der Waals surface area (Å²) in [4.78, 5) is 49.4. The average Bonchev–Trinajstić information content (AvgIpc) is 2.80. The van der Waals surface area contributed by atoms with Gasteiger partial charge in [-0.1, -0.05) is 31.2 Å². The summed E-state index contributed by atoms with van der Waals surface area (Å²) in [5.41, 5.74) is 0. The van der Waals surface area contributed by atoms with Crippen molar-refractivity contribution < 1.29 is 33.5 Å². The highest BCUT2D eigenvalue weighted by Crippen LogP contribution is 2.12. The van der Waals surface area contributed by atoms with Gasteiger partial charge in [-0.15, -0.1) is 0 Å². The molecule has 8 nitrogen and oxygen atoms in total. The predicted molar refractivity (Wildman–Crippen MR) is 73.2 cm³/mol. The summed E-state index contributed by atoms with van der Waals surface area (Å²) >= 11 is 0. The van der Waals surface area contributed by atoms with Crippen LogP contribution in [0.25, 0.3) is 0 Å². The van der Waals surface area contributed by atoms with Crippen LogP contribution in [0, 0.1) is 0 Å². The Balaban J connectivity index is 2.06. The lowest BCUT2D eigenvalue weighted by Gasteiger charge is -2.12. The average molecular weight is 315 g/mol. The van der Waals surface area contributed by atoms with E-state index in [-0.39, 0.29) is 32.0 Å². The smallest absolute Gasteiger partial charge is 0.462 e. The van der Waals surface area contributed by atoms with Crippen LogP contribution >= 0.6 is 0 Å². The number of esters is 1. The standard InChI is InChI=1S/C14H21NO7/c1-2-3-4-5-6-13(18)20-9-10-21-14(19)22-15-11(16)7-8-12(15)17/h2-10H2,1H3. The Morgan fingerprint density at radius 1 is 1.00 bits per heavy atom. The fourth-order valence-electron chi connectivity index (χ4n) is 1.81. The third kappa shape index (κ3) is 6.55. The quantitative estimate of drug-likeness (QED) is 0.363. The van der Waals surface area contributed by atoms with Crippen molar-refractivity contribution in [3.05, 3.63) is 0 Å². The first-order valence-electron chi connectivity index (χ1n) is 7.40. The minimum absolute atomic E-state index is 0.0156. The van der Waals surface area contributed by atoms with Gasteiger partial charge in [0.15, 0.2) is 0 Å². The minimum atomic E-state index is -1.18. The molecule has 1 fully saturated rings. The summed E-state index contributed by atoms with van der Waals surface area (Å²) in [6, 6.07) is 0. The highest BCUT2D eigenvalue weighted by molar-refractivity contribution is 6.01. The number of imide groups is 1. The van der Waals surface area contributed by atoms with E-state index in [1.165, 1.54) is 0 Å². The van der Waals surface area contributed by atoms with E-state index in [9.17, 15) is 19.2 Å². The Kier molecular flexibility index (Phi) is 7.95. The molecule has 1 aliphatic heterocycles. The fourth-order valence-corrected chi connectivity index (χ4v) is 1.81. The first-order chi connectivity index (χ1) is 10.5. The van der Waals surface area contributed by atoms with Crippen LogP contribution in [0.1, 0.15) is 51.9 Å². The van der Waals surface area contributed by atoms with Crippen LogP contribution in [-0.2, 0) is 28.7 Å². The van der Waals surface area contributed by atoms with E-state index >= 15 is 0 Å². The largest absolute Gasteiger partial charge is 0.534 e. The van der Waals surface area contributed by atoms with Crippen molar-refractivity contribution in [3.63, 3.8) is 0 Å². The van der Waals surface area contributed by atoms with Crippen LogP contribution in [0.4, 0.5) is 4.79 Å². The second-order valence-electron chi connectivity index (χ2n) is 4.80. The molecule has 8 heteroatoms. The van der Waals surface area contributed by atoms with Crippen molar-refractivity contribution in [2.75, 3.05) is 13.2 Å². The Morgan fingerprint density at radius 2 is 1.64 bits per heavy atom. The van der Waals surface area contributed by atoms with Gasteiger partial charge in [0.2, 0.25) is 0 Å². The number of amides is 2. The van der Waals surface area contributed by atoms with Crippen LogP contribution in [0.2, 0.25) is 0 Å². The molecular weight excluding hydrogens is 294 g/mol. The first kappa shape index (κ1) is 17.9. The van der Waals surface area contributed by atoms with E-state index in [4.69, 9.17) is 4.74 Å². The zero-order chi connectivity index (χ0) is 16.4. The number of hydrogen-bond acceptors (Lipinski definition) is 7. The van der Waals surface area contributed by atoms with Gasteiger partial charge in [-0.25, -0.2) is 4.79 Å². The molecule has 0 aromatic rings. The topological polar surface area (TPSA) is 99.2 Å². The maximum Gasteiger partial charge on any atom is 0.534 e. The Morgan fingerprint density at radius 3 is 2.27 bits per heavy atom. The molecule has 2 amide bonds. The molecule has 0 unspecified atom stereocenters. The summed E-state index contributed by atoms with van der Waals surface area (Å²) in [5.74, 6) is -1.51. The number of ether oxygens (including phenoxy) is 2. The lowest BCUT2D eigenvalue weighted by molar-refractivity contribution is -0.177. The van der Waals surface area contributed by atoms with Gasteiger partial charge in [0.1, 0.15) is 13.2 Å². The van der Waals surface area contributed by atoms with Crippen LogP contribution < -0.4 is 0 Å². The maximum atomic E-state index is 11.3. The van der Waals surface area contributed by atoms with E-state index in [1.807, 2.05) is 0 Å². The number of carbonyl (C=O) groups is 4. The predicted octanol–water partition coefficient (Wildman–Crippen LogP) is 1.72. The molecule has 0 spiro atoms. The molecule has 0 aliphatic carbocycles. The number of hydroxylamine groups is 2. The number of nitrogens with zero attached hydrogens (tertiary/aromatic N) is 1. The van der Waals surface area contributed by atoms with Crippen LogP contribution in [0.5, 0.6) is 0 Å². The lowest BCUT2D eigenvalue weighted by Crippen LogP contribution is -2.32. The van der Waals surface area contributed by atoms with Gasteiger partial charge in [0, 0.05) is 19.3 Å². The second kappa shape index (κ2) is 9.75. The number of hydrogen-bond donors (Lipinski definition) is 0. The zero-order valence-electron chi connectivity index (χ0n) is 12.7. The molecule has 0 aromatic heterocycles. The minimum Gasteiger partial charge on any atom is -0.462 e. The Hall–Kier alpha value is -2.12. The summed E-state index contributed by atoms with van der Waals surface area (Å²) in [6.07, 6.45) is 3.11. The number of rotatable bonds is 9. The van der Waals surface area contributed by atoms with Gasteiger partial charge >= 0.3 is 12.1 Å². The van der Waals surface area contributed by atoms with E-state index in [1.54, 1.807) is 0 Å². The third-order valence-corrected chi connectivity index (χ3v) is 2.97. The van der Waals surface area contributed by atoms with E-state index in [0.717, 1.165) is 25.7 Å². The summed E-state index contributed by atoms with van der Waals surface area (Å²) in [7, 11) is 0. The van der Waals surface area contributed by atoms with Gasteiger partial charge in [-0.05, 0) is 6.42 Å². The second-order valence-corrected chi connectivity index (χ2v) is 4.80. The highest BCUT2D eigenvalue weighted by atomic mass is 16.8. The number of carbonyl (C=O) groups excluding carboxylic acids is 4. The molecule has 22 heavy (non-hydrogen) atoms. The molecule has 0 aromatic carbocycles. The molecular formula is C14H21NO7. The molecule has 1 heterocycles. The van der Waals surface area contributed by atoms with Crippen LogP contribution in [0.3, 0.4) is 0 Å². The zero-order valence-corrected chi connectivity index (χ0v) is 12.7. The fraction of sp³-hybridized carbons (Fsp3) is 0.714. The molecule has 0 N–H and O–H groups in total. The van der Waals surface area contributed by atoms with Crippen molar-refractivity contribution in [1.82, 2.24) is 5.06 Å². The van der Waals surface area contributed by atoms with E-state index < -0.39 is 18.0 Å². The normalized spacial score (nSPS) is 14.1. The van der Waals surface area contributed by atoms with Crippen molar-refractivity contribution in [2.24, 2.45) is 0 Å². The molecule has 0 saturated carbocycles. The molecule has 0 bridgehead atoms. The van der Waals surface area contributed by atoms with Crippen LogP contribution in [-0.4, -0.2) is 42.2 Å². The van der Waals surface area contributed by atoms with Gasteiger partial charge < -0.3 is 9.47 Å². The van der Waals surface area contributed by atoms with Gasteiger partial charge in [0.05, 0.1) is 0 Å². The Labute approximate surface area is 128 Å². The SMILES string of the molecule is CCCCCCC(=O)OCCOC(=O)ON1C(=O)CCC1=O. The van der Waals surface area contributed by atoms with E-state index in [0.29, 0.717) is 11.5 Å². The van der Waals surface area contributed by atoms with Crippen molar-refractivity contribution >= 4 is 23.9 Å². The molecule has 0 atom stereocenters. The maximum absolute atomic E-state index is 11.3. The summed E-state index contributed by atoms with van der Waals surface area (Å²) in [5, 5.41) is 0.391. The lowest BCUT2D eigenvalue weighted by atomic mass is 10.2. The van der Waals surface area contributed by atoms with Gasteiger partial charge in [-0.3, -0.25) is 19.2 Å². The van der Waals surface area contributed by atoms with Crippen molar-refractivity contribution in [1.29, 1.82) is 0 Å². The van der Waals surface area contributed by atoms with Crippen molar-refractivity contribution in [2.45, 2.75) is 51.9 Å². The van der Waals surface area contributed by atoms with E-state index in [2.05, 4.69) is 16.5 Å². The van der Waals surface area contributed by atoms with Crippen molar-refractivity contribution in [3.8, 4) is 0 Å². The third-order valence-electron chi connectivity index (χ3n) is 2.97. The molecule has 124 valence electrons. The molecule has 0 radical (unpaired) electrons. The van der Waals surface area contributed by atoms with Gasteiger partial charge in [-0.2, -0.15) is 0 Å². The summed E-state index contributed by atoms with van der Waals surface area (Å²) < 4.78 is 9.48. The number of unbranched alkanes of at least 4 members (excludes halogenated alkanes) is 3.